The van der Waals surface area contributed by atoms with Gasteiger partial charge in [0.25, 0.3) is 0 Å². The molecule has 1 aromatic rings. The Bertz CT molecular complexity index is 527. The molecule has 1 spiro atoms. The summed E-state index contributed by atoms with van der Waals surface area (Å²) < 4.78 is 7.07. The first-order valence-corrected chi connectivity index (χ1v) is 9.95. The Hall–Kier alpha value is 0.560. The molecule has 2 unspecified atom stereocenters. The zero-order valence-corrected chi connectivity index (χ0v) is 16.4. The van der Waals surface area contributed by atoms with Gasteiger partial charge in [-0.2, -0.15) is 0 Å². The smallest absolute Gasteiger partial charge is 0.139 e. The minimum Gasteiger partial charge on any atom is -0.488 e. The van der Waals surface area contributed by atoms with Gasteiger partial charge in [0.2, 0.25) is 0 Å². The second kappa shape index (κ2) is 6.59. The Morgan fingerprint density at radius 2 is 1.71 bits per heavy atom. The lowest BCUT2D eigenvalue weighted by Crippen LogP contribution is -2.56. The molecule has 2 atom stereocenters. The molecule has 0 radical (unpaired) electrons. The highest BCUT2D eigenvalue weighted by molar-refractivity contribution is 9.10. The van der Waals surface area contributed by atoms with Crippen LogP contribution in [0.4, 0.5) is 0 Å². The van der Waals surface area contributed by atoms with E-state index in [1.165, 1.54) is 38.5 Å². The van der Waals surface area contributed by atoms with Gasteiger partial charge in [-0.15, -0.1) is 0 Å². The maximum Gasteiger partial charge on any atom is 0.139 e. The summed E-state index contributed by atoms with van der Waals surface area (Å²) in [6.45, 7) is 0. The molecule has 2 fully saturated rings. The molecular weight excluding hydrogens is 439 g/mol. The summed E-state index contributed by atoms with van der Waals surface area (Å²) in [4.78, 5) is 0.567. The van der Waals surface area contributed by atoms with Crippen molar-refractivity contribution in [2.45, 2.75) is 55.9 Å². The molecular formula is C16H18Br2Cl2O. The molecule has 116 valence electrons. The third kappa shape index (κ3) is 3.13. The largest absolute Gasteiger partial charge is 0.488 e. The average molecular weight is 457 g/mol. The van der Waals surface area contributed by atoms with Crippen molar-refractivity contribution in [3.8, 4) is 5.75 Å². The molecule has 3 rings (SSSR count). The maximum absolute atomic E-state index is 6.30. The molecule has 5 heteroatoms. The van der Waals surface area contributed by atoms with Crippen molar-refractivity contribution in [1.82, 2.24) is 0 Å². The standard InChI is InChI=1S/C16H18Br2Cl2O/c17-10-7-12(20)13(8-11(10)19)21-15-9-14(18)16(15)5-3-1-2-4-6-16/h7-8,14-15H,1-6,9H2. The second-order valence-corrected chi connectivity index (χ2v) is 8.93. The van der Waals surface area contributed by atoms with E-state index in [2.05, 4.69) is 31.9 Å². The van der Waals surface area contributed by atoms with E-state index in [4.69, 9.17) is 27.9 Å². The van der Waals surface area contributed by atoms with Crippen LogP contribution >= 0.6 is 55.1 Å². The van der Waals surface area contributed by atoms with Crippen molar-refractivity contribution in [1.29, 1.82) is 0 Å². The fourth-order valence-corrected chi connectivity index (χ4v) is 5.56. The van der Waals surface area contributed by atoms with Gasteiger partial charge in [-0.25, -0.2) is 0 Å². The predicted molar refractivity (Wildman–Crippen MR) is 96.0 cm³/mol. The minimum atomic E-state index is 0.245. The molecule has 0 bridgehead atoms. The van der Waals surface area contributed by atoms with E-state index in [0.717, 1.165) is 10.9 Å². The van der Waals surface area contributed by atoms with Crippen LogP contribution < -0.4 is 4.74 Å². The third-order valence-corrected chi connectivity index (χ3v) is 7.74. The number of ether oxygens (including phenoxy) is 1. The zero-order valence-electron chi connectivity index (χ0n) is 11.7. The lowest BCUT2D eigenvalue weighted by atomic mass is 9.61. The molecule has 0 N–H and O–H groups in total. The van der Waals surface area contributed by atoms with Crippen molar-refractivity contribution in [3.63, 3.8) is 0 Å². The summed E-state index contributed by atoms with van der Waals surface area (Å²) >= 11 is 19.7. The molecule has 0 heterocycles. The Balaban J connectivity index is 1.80. The summed E-state index contributed by atoms with van der Waals surface area (Å²) in [5.41, 5.74) is 0.277. The van der Waals surface area contributed by atoms with Crippen LogP contribution in [0.2, 0.25) is 10.0 Å². The Morgan fingerprint density at radius 3 is 2.33 bits per heavy atom. The number of hydrogen-bond donors (Lipinski definition) is 0. The van der Waals surface area contributed by atoms with Gasteiger partial charge in [-0.05, 0) is 41.3 Å². The molecule has 1 aromatic carbocycles. The van der Waals surface area contributed by atoms with Gasteiger partial charge < -0.3 is 4.74 Å². The van der Waals surface area contributed by atoms with E-state index in [9.17, 15) is 0 Å². The van der Waals surface area contributed by atoms with Crippen molar-refractivity contribution in [2.24, 2.45) is 5.41 Å². The summed E-state index contributed by atoms with van der Waals surface area (Å²) in [7, 11) is 0. The topological polar surface area (TPSA) is 9.23 Å². The molecule has 0 amide bonds. The molecule has 2 saturated carbocycles. The molecule has 2 aliphatic carbocycles. The van der Waals surface area contributed by atoms with Gasteiger partial charge in [-0.3, -0.25) is 0 Å². The van der Waals surface area contributed by atoms with Gasteiger partial charge in [0.15, 0.2) is 0 Å². The highest BCUT2D eigenvalue weighted by Gasteiger charge is 2.55. The minimum absolute atomic E-state index is 0.245. The van der Waals surface area contributed by atoms with Crippen LogP contribution in [0.5, 0.6) is 5.75 Å². The van der Waals surface area contributed by atoms with Crippen LogP contribution in [-0.2, 0) is 0 Å². The quantitative estimate of drug-likeness (QED) is 0.343. The SMILES string of the molecule is Clc1cc(OC2CC(Br)C23CCCCCC3)c(Cl)cc1Br. The van der Waals surface area contributed by atoms with E-state index in [-0.39, 0.29) is 11.5 Å². The van der Waals surface area contributed by atoms with Gasteiger partial charge >= 0.3 is 0 Å². The van der Waals surface area contributed by atoms with E-state index >= 15 is 0 Å². The van der Waals surface area contributed by atoms with Gasteiger partial charge in [-0.1, -0.05) is 64.8 Å². The van der Waals surface area contributed by atoms with E-state index in [0.29, 0.717) is 20.6 Å². The second-order valence-electron chi connectivity index (χ2n) is 6.15. The predicted octanol–water partition coefficient (Wildman–Crippen LogP) is 7.01. The van der Waals surface area contributed by atoms with Crippen LogP contribution in [-0.4, -0.2) is 10.9 Å². The summed E-state index contributed by atoms with van der Waals surface area (Å²) in [6.07, 6.45) is 9.08. The van der Waals surface area contributed by atoms with E-state index in [1.807, 2.05) is 12.1 Å². The first-order chi connectivity index (χ1) is 10.0. The number of alkyl halides is 1. The fraction of sp³-hybridized carbons (Fsp3) is 0.625. The zero-order chi connectivity index (χ0) is 15.0. The lowest BCUT2D eigenvalue weighted by Gasteiger charge is -2.53. The summed E-state index contributed by atoms with van der Waals surface area (Å²) in [6, 6.07) is 3.63. The number of hydrogen-bond acceptors (Lipinski definition) is 1. The Labute approximate surface area is 153 Å². The first-order valence-electron chi connectivity index (χ1n) is 7.48. The van der Waals surface area contributed by atoms with Crippen molar-refractivity contribution >= 4 is 55.1 Å². The Kier molecular flexibility index (Phi) is 5.15. The van der Waals surface area contributed by atoms with Crippen molar-refractivity contribution in [2.75, 3.05) is 0 Å². The van der Waals surface area contributed by atoms with Gasteiger partial charge in [0, 0.05) is 20.8 Å². The van der Waals surface area contributed by atoms with Crippen molar-refractivity contribution in [3.05, 3.63) is 26.7 Å². The average Bonchev–Trinajstić information content (AvgIpc) is 2.72. The molecule has 0 saturated heterocycles. The highest BCUT2D eigenvalue weighted by Crippen LogP contribution is 2.56. The van der Waals surface area contributed by atoms with Crippen LogP contribution in [0.3, 0.4) is 0 Å². The van der Waals surface area contributed by atoms with Crippen molar-refractivity contribution < 1.29 is 4.74 Å². The van der Waals surface area contributed by atoms with E-state index < -0.39 is 0 Å². The van der Waals surface area contributed by atoms with Crippen LogP contribution in [0.15, 0.2) is 16.6 Å². The first kappa shape index (κ1) is 16.4. The normalized spacial score (nSPS) is 28.0. The van der Waals surface area contributed by atoms with Crippen LogP contribution in [0.1, 0.15) is 44.9 Å². The Morgan fingerprint density at radius 1 is 1.05 bits per heavy atom. The van der Waals surface area contributed by atoms with E-state index in [1.54, 1.807) is 0 Å². The monoisotopic (exact) mass is 454 g/mol. The maximum atomic E-state index is 6.30. The number of halogens is 4. The van der Waals surface area contributed by atoms with Gasteiger partial charge in [0.05, 0.1) is 10.0 Å². The third-order valence-electron chi connectivity index (χ3n) is 4.96. The molecule has 1 nitrogen and oxygen atoms in total. The number of rotatable bonds is 2. The summed E-state index contributed by atoms with van der Waals surface area (Å²) in [5, 5.41) is 1.26. The highest BCUT2D eigenvalue weighted by atomic mass is 79.9. The lowest BCUT2D eigenvalue weighted by molar-refractivity contribution is -0.0461. The van der Waals surface area contributed by atoms with Gasteiger partial charge in [0.1, 0.15) is 11.9 Å². The fourth-order valence-electron chi connectivity index (χ4n) is 3.63. The molecule has 0 aliphatic heterocycles. The van der Waals surface area contributed by atoms with Crippen LogP contribution in [0.25, 0.3) is 0 Å². The molecule has 0 aromatic heterocycles. The molecule has 2 aliphatic rings. The molecule has 21 heavy (non-hydrogen) atoms. The van der Waals surface area contributed by atoms with Crippen LogP contribution in [0, 0.1) is 5.41 Å². The summed E-state index contributed by atoms with van der Waals surface area (Å²) in [5.74, 6) is 0.706. The number of benzene rings is 1.